The molecule has 1 heteroatoms. The van der Waals surface area contributed by atoms with Crippen LogP contribution in [0.4, 0.5) is 0 Å². The molecular weight excluding hydrogens is 170 g/mol. The van der Waals surface area contributed by atoms with Crippen LogP contribution >= 0.6 is 0 Å². The second-order valence-corrected chi connectivity index (χ2v) is 3.89. The van der Waals surface area contributed by atoms with Gasteiger partial charge in [0, 0.05) is 6.54 Å². The van der Waals surface area contributed by atoms with Gasteiger partial charge in [0.1, 0.15) is 0 Å². The van der Waals surface area contributed by atoms with Gasteiger partial charge in [-0.1, -0.05) is 30.3 Å². The summed E-state index contributed by atoms with van der Waals surface area (Å²) in [6, 6.07) is 13.2. The molecule has 1 aliphatic heterocycles. The van der Waals surface area contributed by atoms with Crippen LogP contribution in [-0.4, -0.2) is 6.54 Å². The summed E-state index contributed by atoms with van der Waals surface area (Å²) in [4.78, 5) is 0. The Balaban J connectivity index is 2.27. The zero-order valence-corrected chi connectivity index (χ0v) is 8.09. The van der Waals surface area contributed by atoms with E-state index in [-0.39, 0.29) is 0 Å². The summed E-state index contributed by atoms with van der Waals surface area (Å²) >= 11 is 0. The lowest BCUT2D eigenvalue weighted by molar-refractivity contribution is 0.645. The van der Waals surface area contributed by atoms with Gasteiger partial charge in [-0.2, -0.15) is 0 Å². The van der Waals surface area contributed by atoms with Gasteiger partial charge in [-0.15, -0.1) is 0 Å². The maximum atomic E-state index is 3.41. The lowest BCUT2D eigenvalue weighted by Gasteiger charge is -2.17. The largest absolute Gasteiger partial charge is 0.312 e. The summed E-state index contributed by atoms with van der Waals surface area (Å²) in [6.45, 7) is 2.14. The first-order valence-corrected chi connectivity index (χ1v) is 5.15. The molecule has 0 aliphatic carbocycles. The monoisotopic (exact) mass is 183 g/mol. The topological polar surface area (TPSA) is 12.0 Å². The quantitative estimate of drug-likeness (QED) is 0.661. The molecule has 14 heavy (non-hydrogen) atoms. The third-order valence-corrected chi connectivity index (χ3v) is 2.95. The normalized spacial score (nSPS) is 15.4. The fourth-order valence-corrected chi connectivity index (χ4v) is 2.18. The molecule has 1 nitrogen and oxygen atoms in total. The molecule has 0 saturated heterocycles. The first-order valence-electron chi connectivity index (χ1n) is 5.15. The van der Waals surface area contributed by atoms with Crippen molar-refractivity contribution >= 4 is 10.8 Å². The van der Waals surface area contributed by atoms with E-state index in [0.717, 1.165) is 13.1 Å². The Kier molecular flexibility index (Phi) is 1.78. The summed E-state index contributed by atoms with van der Waals surface area (Å²) in [5.41, 5.74) is 2.98. The van der Waals surface area contributed by atoms with E-state index in [1.165, 1.54) is 28.3 Å². The Morgan fingerprint density at radius 3 is 2.43 bits per heavy atom. The molecule has 0 saturated carbocycles. The van der Waals surface area contributed by atoms with Crippen molar-refractivity contribution in [2.75, 3.05) is 6.54 Å². The summed E-state index contributed by atoms with van der Waals surface area (Å²) in [7, 11) is 0. The summed E-state index contributed by atoms with van der Waals surface area (Å²) in [6.07, 6.45) is 1.17. The lowest BCUT2D eigenvalue weighted by atomic mass is 9.96. The minimum absolute atomic E-state index is 1.03. The van der Waals surface area contributed by atoms with E-state index in [4.69, 9.17) is 0 Å². The van der Waals surface area contributed by atoms with Crippen LogP contribution in [0.2, 0.25) is 0 Å². The molecule has 0 atom stereocenters. The molecule has 0 bridgehead atoms. The summed E-state index contributed by atoms with van der Waals surface area (Å²) < 4.78 is 0. The first kappa shape index (κ1) is 8.01. The predicted octanol–water partition coefficient (Wildman–Crippen LogP) is 2.49. The van der Waals surface area contributed by atoms with Crippen molar-refractivity contribution in [3.63, 3.8) is 0 Å². The third kappa shape index (κ3) is 1.21. The fraction of sp³-hybridized carbons (Fsp3) is 0.231. The molecule has 3 rings (SSSR count). The van der Waals surface area contributed by atoms with Crippen LogP contribution in [0.15, 0.2) is 36.4 Å². The highest BCUT2D eigenvalue weighted by molar-refractivity contribution is 5.84. The number of hydrogen-bond acceptors (Lipinski definition) is 1. The van der Waals surface area contributed by atoms with Gasteiger partial charge in [-0.3, -0.25) is 0 Å². The Bertz CT molecular complexity index is 429. The van der Waals surface area contributed by atoms with Crippen LogP contribution in [-0.2, 0) is 13.0 Å². The van der Waals surface area contributed by atoms with Crippen LogP contribution in [0.1, 0.15) is 11.1 Å². The molecular formula is C13H13N. The van der Waals surface area contributed by atoms with Gasteiger partial charge in [0.2, 0.25) is 0 Å². The molecule has 70 valence electrons. The minimum Gasteiger partial charge on any atom is -0.312 e. The Morgan fingerprint density at radius 2 is 1.64 bits per heavy atom. The highest BCUT2D eigenvalue weighted by atomic mass is 14.9. The Labute approximate surface area is 83.8 Å². The number of benzene rings is 2. The molecule has 1 aliphatic rings. The van der Waals surface area contributed by atoms with Crippen molar-refractivity contribution in [3.05, 3.63) is 47.5 Å². The molecule has 2 aromatic carbocycles. The van der Waals surface area contributed by atoms with Crippen molar-refractivity contribution in [3.8, 4) is 0 Å². The molecule has 0 amide bonds. The van der Waals surface area contributed by atoms with E-state index in [1.54, 1.807) is 0 Å². The maximum absolute atomic E-state index is 3.41. The molecule has 0 radical (unpaired) electrons. The SMILES string of the molecule is c1ccc2cc3c(cc2c1)CCNC3. The zero-order valence-electron chi connectivity index (χ0n) is 8.09. The smallest absolute Gasteiger partial charge is 0.0208 e. The van der Waals surface area contributed by atoms with E-state index in [0.29, 0.717) is 0 Å². The highest BCUT2D eigenvalue weighted by Gasteiger charge is 2.08. The standard InChI is InChI=1S/C13H13N/c1-2-4-11-8-13-9-14-6-5-12(13)7-10(11)3-1/h1-4,7-8,14H,5-6,9H2. The number of rotatable bonds is 0. The minimum atomic E-state index is 1.03. The van der Waals surface area contributed by atoms with Crippen LogP contribution in [0, 0.1) is 0 Å². The van der Waals surface area contributed by atoms with E-state index >= 15 is 0 Å². The van der Waals surface area contributed by atoms with Crippen molar-refractivity contribution in [2.45, 2.75) is 13.0 Å². The molecule has 2 aromatic rings. The van der Waals surface area contributed by atoms with E-state index in [1.807, 2.05) is 0 Å². The van der Waals surface area contributed by atoms with Crippen LogP contribution < -0.4 is 5.32 Å². The number of hydrogen-bond donors (Lipinski definition) is 1. The molecule has 1 heterocycles. The molecule has 1 N–H and O–H groups in total. The lowest BCUT2D eigenvalue weighted by Crippen LogP contribution is -2.23. The zero-order chi connectivity index (χ0) is 9.38. The van der Waals surface area contributed by atoms with Gasteiger partial charge in [0.05, 0.1) is 0 Å². The second kappa shape index (κ2) is 3.10. The van der Waals surface area contributed by atoms with E-state index in [2.05, 4.69) is 41.7 Å². The Hall–Kier alpha value is -1.34. The highest BCUT2D eigenvalue weighted by Crippen LogP contribution is 2.22. The van der Waals surface area contributed by atoms with Gasteiger partial charge in [-0.25, -0.2) is 0 Å². The molecule has 0 unspecified atom stereocenters. The van der Waals surface area contributed by atoms with Gasteiger partial charge in [0.25, 0.3) is 0 Å². The van der Waals surface area contributed by atoms with Crippen molar-refractivity contribution < 1.29 is 0 Å². The van der Waals surface area contributed by atoms with Gasteiger partial charge in [0.15, 0.2) is 0 Å². The average molecular weight is 183 g/mol. The number of fused-ring (bicyclic) bond motifs is 2. The molecule has 0 spiro atoms. The Morgan fingerprint density at radius 1 is 0.929 bits per heavy atom. The van der Waals surface area contributed by atoms with E-state index in [9.17, 15) is 0 Å². The summed E-state index contributed by atoms with van der Waals surface area (Å²) in [5.74, 6) is 0. The fourth-order valence-electron chi connectivity index (χ4n) is 2.18. The van der Waals surface area contributed by atoms with Crippen LogP contribution in [0.5, 0.6) is 0 Å². The van der Waals surface area contributed by atoms with E-state index < -0.39 is 0 Å². The van der Waals surface area contributed by atoms with Crippen molar-refractivity contribution in [1.82, 2.24) is 5.32 Å². The average Bonchev–Trinajstić information content (AvgIpc) is 2.26. The van der Waals surface area contributed by atoms with Gasteiger partial charge >= 0.3 is 0 Å². The van der Waals surface area contributed by atoms with Crippen LogP contribution in [0.25, 0.3) is 10.8 Å². The molecule has 0 aromatic heterocycles. The maximum Gasteiger partial charge on any atom is 0.0208 e. The van der Waals surface area contributed by atoms with Gasteiger partial charge < -0.3 is 5.32 Å². The molecule has 0 fully saturated rings. The second-order valence-electron chi connectivity index (χ2n) is 3.89. The first-order chi connectivity index (χ1) is 6.93. The number of nitrogens with one attached hydrogen (secondary N) is 1. The van der Waals surface area contributed by atoms with Crippen molar-refractivity contribution in [1.29, 1.82) is 0 Å². The van der Waals surface area contributed by atoms with Gasteiger partial charge in [-0.05, 0) is 40.9 Å². The van der Waals surface area contributed by atoms with Crippen LogP contribution in [0.3, 0.4) is 0 Å². The predicted molar refractivity (Wildman–Crippen MR) is 59.4 cm³/mol. The summed E-state index contributed by atoms with van der Waals surface area (Å²) in [5, 5.41) is 6.13. The van der Waals surface area contributed by atoms with Crippen molar-refractivity contribution in [2.24, 2.45) is 0 Å². The third-order valence-electron chi connectivity index (χ3n) is 2.95.